The highest BCUT2D eigenvalue weighted by Crippen LogP contribution is 2.19. The summed E-state index contributed by atoms with van der Waals surface area (Å²) in [5, 5.41) is 0.721. The van der Waals surface area contributed by atoms with Crippen LogP contribution >= 0.6 is 15.9 Å². The number of anilines is 1. The van der Waals surface area contributed by atoms with E-state index >= 15 is 0 Å². The van der Waals surface area contributed by atoms with Gasteiger partial charge in [0.25, 0.3) is 0 Å². The summed E-state index contributed by atoms with van der Waals surface area (Å²) >= 11 is 3.27. The van der Waals surface area contributed by atoms with Gasteiger partial charge in [0.2, 0.25) is 10.0 Å². The Balaban J connectivity index is 3.01. The van der Waals surface area contributed by atoms with Gasteiger partial charge in [-0.05, 0) is 30.7 Å². The summed E-state index contributed by atoms with van der Waals surface area (Å²) in [5.74, 6) is -0.446. The third-order valence-electron chi connectivity index (χ3n) is 2.47. The summed E-state index contributed by atoms with van der Waals surface area (Å²) in [4.78, 5) is 11.3. The molecule has 0 saturated heterocycles. The SMILES string of the molecule is COC(=O)c1ccc(N(CCCBr)S(C)(=O)=O)cc1. The predicted octanol–water partition coefficient (Wildman–Crippen LogP) is 2.02. The fourth-order valence-corrected chi connectivity index (χ4v) is 2.79. The number of rotatable bonds is 6. The molecule has 0 aliphatic heterocycles. The lowest BCUT2D eigenvalue weighted by molar-refractivity contribution is 0.0601. The van der Waals surface area contributed by atoms with E-state index in [1.54, 1.807) is 24.3 Å². The van der Waals surface area contributed by atoms with Crippen LogP contribution in [0.2, 0.25) is 0 Å². The minimum absolute atomic E-state index is 0.389. The minimum Gasteiger partial charge on any atom is -0.465 e. The molecule has 1 rings (SSSR count). The van der Waals surface area contributed by atoms with Crippen LogP contribution in [0.5, 0.6) is 0 Å². The van der Waals surface area contributed by atoms with E-state index in [1.165, 1.54) is 11.4 Å². The maximum Gasteiger partial charge on any atom is 0.337 e. The van der Waals surface area contributed by atoms with Crippen molar-refractivity contribution in [2.24, 2.45) is 0 Å². The number of alkyl halides is 1. The molecule has 0 amide bonds. The molecule has 1 aromatic carbocycles. The number of benzene rings is 1. The Morgan fingerprint density at radius 1 is 1.32 bits per heavy atom. The fraction of sp³-hybridized carbons (Fsp3) is 0.417. The third-order valence-corrected chi connectivity index (χ3v) is 4.23. The smallest absolute Gasteiger partial charge is 0.337 e. The van der Waals surface area contributed by atoms with Crippen molar-refractivity contribution in [1.82, 2.24) is 0 Å². The molecule has 0 atom stereocenters. The van der Waals surface area contributed by atoms with Crippen molar-refractivity contribution in [2.45, 2.75) is 6.42 Å². The van der Waals surface area contributed by atoms with Crippen LogP contribution in [0.25, 0.3) is 0 Å². The van der Waals surface area contributed by atoms with Crippen LogP contribution in [0.3, 0.4) is 0 Å². The van der Waals surface area contributed by atoms with E-state index in [2.05, 4.69) is 20.7 Å². The van der Waals surface area contributed by atoms with E-state index in [4.69, 9.17) is 0 Å². The Bertz CT molecular complexity index is 527. The van der Waals surface area contributed by atoms with E-state index in [0.717, 1.165) is 11.6 Å². The third kappa shape index (κ3) is 4.50. The summed E-state index contributed by atoms with van der Waals surface area (Å²) in [7, 11) is -2.03. The van der Waals surface area contributed by atoms with Crippen molar-refractivity contribution in [3.8, 4) is 0 Å². The van der Waals surface area contributed by atoms with Gasteiger partial charge >= 0.3 is 5.97 Å². The number of nitrogens with zero attached hydrogens (tertiary/aromatic N) is 1. The maximum absolute atomic E-state index is 11.7. The van der Waals surface area contributed by atoms with Gasteiger partial charge in [-0.15, -0.1) is 0 Å². The number of halogens is 1. The average molecular weight is 350 g/mol. The summed E-state index contributed by atoms with van der Waals surface area (Å²) in [6.07, 6.45) is 1.86. The fourth-order valence-electron chi connectivity index (χ4n) is 1.57. The Labute approximate surface area is 121 Å². The highest BCUT2D eigenvalue weighted by Gasteiger charge is 2.17. The van der Waals surface area contributed by atoms with Gasteiger partial charge in [0.15, 0.2) is 0 Å². The molecule has 0 aromatic heterocycles. The highest BCUT2D eigenvalue weighted by atomic mass is 79.9. The van der Waals surface area contributed by atoms with Gasteiger partial charge in [0, 0.05) is 11.9 Å². The quantitative estimate of drug-likeness (QED) is 0.582. The molecular formula is C12H16BrNO4S. The van der Waals surface area contributed by atoms with E-state index in [9.17, 15) is 13.2 Å². The molecule has 0 heterocycles. The molecule has 0 bridgehead atoms. The molecule has 0 saturated carbocycles. The maximum atomic E-state index is 11.7. The zero-order valence-corrected chi connectivity index (χ0v) is 13.2. The first-order valence-electron chi connectivity index (χ1n) is 5.62. The van der Waals surface area contributed by atoms with E-state index < -0.39 is 16.0 Å². The topological polar surface area (TPSA) is 63.7 Å². The van der Waals surface area contributed by atoms with Gasteiger partial charge in [0.05, 0.1) is 24.6 Å². The lowest BCUT2D eigenvalue weighted by atomic mass is 10.2. The number of sulfonamides is 1. The van der Waals surface area contributed by atoms with E-state index in [1.807, 2.05) is 0 Å². The van der Waals surface area contributed by atoms with Crippen molar-refractivity contribution in [1.29, 1.82) is 0 Å². The molecule has 5 nitrogen and oxygen atoms in total. The Morgan fingerprint density at radius 2 is 1.89 bits per heavy atom. The van der Waals surface area contributed by atoms with Crippen molar-refractivity contribution in [2.75, 3.05) is 29.5 Å². The number of ether oxygens (including phenoxy) is 1. The molecular weight excluding hydrogens is 334 g/mol. The number of carbonyl (C=O) groups excluding carboxylic acids is 1. The second-order valence-electron chi connectivity index (χ2n) is 3.92. The summed E-state index contributed by atoms with van der Waals surface area (Å²) in [6.45, 7) is 0.391. The first-order valence-corrected chi connectivity index (χ1v) is 8.59. The normalized spacial score (nSPS) is 11.1. The highest BCUT2D eigenvalue weighted by molar-refractivity contribution is 9.09. The van der Waals surface area contributed by atoms with Gasteiger partial charge in [-0.25, -0.2) is 13.2 Å². The first-order chi connectivity index (χ1) is 8.90. The number of hydrogen-bond donors (Lipinski definition) is 0. The van der Waals surface area contributed by atoms with Crippen LogP contribution in [0.15, 0.2) is 24.3 Å². The van der Waals surface area contributed by atoms with Crippen molar-refractivity contribution in [3.63, 3.8) is 0 Å². The standard InChI is InChI=1S/C12H16BrNO4S/c1-18-12(15)10-4-6-11(7-5-10)14(9-3-8-13)19(2,16)17/h4-7H,3,8-9H2,1-2H3. The van der Waals surface area contributed by atoms with Gasteiger partial charge < -0.3 is 4.74 Å². The minimum atomic E-state index is -3.33. The molecule has 0 radical (unpaired) electrons. The zero-order valence-electron chi connectivity index (χ0n) is 10.8. The summed E-state index contributed by atoms with van der Waals surface area (Å²) in [6, 6.07) is 6.30. The largest absolute Gasteiger partial charge is 0.465 e. The van der Waals surface area contributed by atoms with Crippen molar-refractivity contribution >= 4 is 37.6 Å². The van der Waals surface area contributed by atoms with Crippen molar-refractivity contribution in [3.05, 3.63) is 29.8 Å². The molecule has 0 spiro atoms. The van der Waals surface area contributed by atoms with Crippen LogP contribution in [-0.2, 0) is 14.8 Å². The molecule has 0 fully saturated rings. The zero-order chi connectivity index (χ0) is 14.5. The van der Waals surface area contributed by atoms with Crippen LogP contribution in [-0.4, -0.2) is 39.6 Å². The summed E-state index contributed by atoms with van der Waals surface area (Å²) < 4.78 is 29.4. The lowest BCUT2D eigenvalue weighted by Crippen LogP contribution is -2.31. The van der Waals surface area contributed by atoms with Crippen LogP contribution in [0.1, 0.15) is 16.8 Å². The molecule has 0 aliphatic carbocycles. The molecule has 19 heavy (non-hydrogen) atoms. The van der Waals surface area contributed by atoms with Crippen LogP contribution in [0, 0.1) is 0 Å². The molecule has 0 unspecified atom stereocenters. The van der Waals surface area contributed by atoms with E-state index in [0.29, 0.717) is 24.2 Å². The van der Waals surface area contributed by atoms with Gasteiger partial charge in [-0.3, -0.25) is 4.31 Å². The molecule has 0 N–H and O–H groups in total. The monoisotopic (exact) mass is 349 g/mol. The van der Waals surface area contributed by atoms with Gasteiger partial charge in [-0.2, -0.15) is 0 Å². The number of methoxy groups -OCH3 is 1. The number of esters is 1. The molecule has 106 valence electrons. The second-order valence-corrected chi connectivity index (χ2v) is 6.62. The van der Waals surface area contributed by atoms with E-state index in [-0.39, 0.29) is 0 Å². The van der Waals surface area contributed by atoms with Crippen molar-refractivity contribution < 1.29 is 17.9 Å². The average Bonchev–Trinajstić information content (AvgIpc) is 2.37. The molecule has 7 heteroatoms. The van der Waals surface area contributed by atoms with Crippen LogP contribution in [0.4, 0.5) is 5.69 Å². The van der Waals surface area contributed by atoms with Gasteiger partial charge in [0.1, 0.15) is 0 Å². The van der Waals surface area contributed by atoms with Gasteiger partial charge in [-0.1, -0.05) is 15.9 Å². The predicted molar refractivity (Wildman–Crippen MR) is 78.4 cm³/mol. The lowest BCUT2D eigenvalue weighted by Gasteiger charge is -2.22. The first kappa shape index (κ1) is 16.0. The molecule has 1 aromatic rings. The Morgan fingerprint density at radius 3 is 2.32 bits per heavy atom. The Kier molecular flexibility index (Phi) is 5.81. The Hall–Kier alpha value is -1.08. The molecule has 0 aliphatic rings. The summed E-state index contributed by atoms with van der Waals surface area (Å²) in [5.41, 5.74) is 0.927. The van der Waals surface area contributed by atoms with Crippen LogP contribution < -0.4 is 4.31 Å². The number of hydrogen-bond acceptors (Lipinski definition) is 4. The second kappa shape index (κ2) is 6.91. The number of carbonyl (C=O) groups is 1.